The van der Waals surface area contributed by atoms with E-state index in [4.69, 9.17) is 0 Å². The van der Waals surface area contributed by atoms with Crippen molar-refractivity contribution in [2.75, 3.05) is 6.54 Å². The van der Waals surface area contributed by atoms with Gasteiger partial charge in [-0.25, -0.2) is 4.68 Å². The SMILES string of the molecule is O=C1CCCN1Cc1ccc(-n2nc(C(F)(F)F)c3ccncc32)cc1. The summed E-state index contributed by atoms with van der Waals surface area (Å²) < 4.78 is 41.0. The van der Waals surface area contributed by atoms with Crippen molar-refractivity contribution < 1.29 is 18.0 Å². The maximum Gasteiger partial charge on any atom is 0.435 e. The largest absolute Gasteiger partial charge is 0.435 e. The summed E-state index contributed by atoms with van der Waals surface area (Å²) in [5.74, 6) is 0.132. The maximum atomic E-state index is 13.2. The van der Waals surface area contributed by atoms with Crippen LogP contribution in [-0.2, 0) is 17.5 Å². The van der Waals surface area contributed by atoms with Crippen molar-refractivity contribution in [2.45, 2.75) is 25.6 Å². The molecule has 2 aromatic heterocycles. The summed E-state index contributed by atoms with van der Waals surface area (Å²) in [6, 6.07) is 8.33. The number of rotatable bonds is 3. The molecule has 1 aliphatic rings. The van der Waals surface area contributed by atoms with Crippen LogP contribution in [0.3, 0.4) is 0 Å². The molecular formula is C18H15F3N4O. The Labute approximate surface area is 147 Å². The molecule has 1 aliphatic heterocycles. The molecule has 26 heavy (non-hydrogen) atoms. The van der Waals surface area contributed by atoms with E-state index >= 15 is 0 Å². The van der Waals surface area contributed by atoms with E-state index in [0.29, 0.717) is 24.2 Å². The van der Waals surface area contributed by atoms with E-state index in [-0.39, 0.29) is 11.3 Å². The lowest BCUT2D eigenvalue weighted by atomic mass is 10.2. The minimum atomic E-state index is -4.54. The number of alkyl halides is 3. The van der Waals surface area contributed by atoms with Crippen LogP contribution in [0.25, 0.3) is 16.6 Å². The van der Waals surface area contributed by atoms with Crippen LogP contribution < -0.4 is 0 Å². The molecule has 1 fully saturated rings. The monoisotopic (exact) mass is 360 g/mol. The van der Waals surface area contributed by atoms with Gasteiger partial charge in [-0.15, -0.1) is 0 Å². The molecule has 1 aromatic carbocycles. The van der Waals surface area contributed by atoms with Gasteiger partial charge in [0, 0.05) is 31.1 Å². The fourth-order valence-corrected chi connectivity index (χ4v) is 3.20. The molecule has 3 aromatic rings. The Morgan fingerprint density at radius 2 is 1.88 bits per heavy atom. The van der Waals surface area contributed by atoms with Crippen molar-refractivity contribution in [3.05, 3.63) is 54.0 Å². The maximum absolute atomic E-state index is 13.2. The molecule has 0 bridgehead atoms. The lowest BCUT2D eigenvalue weighted by molar-refractivity contribution is -0.140. The standard InChI is InChI=1S/C18H15F3N4O/c19-18(20,21)17-14-7-8-22-10-15(14)25(23-17)13-5-3-12(4-6-13)11-24-9-1-2-16(24)26/h3-8,10H,1-2,9,11H2. The first-order valence-electron chi connectivity index (χ1n) is 8.20. The van der Waals surface area contributed by atoms with Crippen LogP contribution in [0.5, 0.6) is 0 Å². The number of likely N-dealkylation sites (tertiary alicyclic amines) is 1. The van der Waals surface area contributed by atoms with Crippen molar-refractivity contribution in [3.8, 4) is 5.69 Å². The van der Waals surface area contributed by atoms with Gasteiger partial charge in [0.05, 0.1) is 17.4 Å². The number of benzene rings is 1. The van der Waals surface area contributed by atoms with E-state index in [1.54, 1.807) is 29.2 Å². The van der Waals surface area contributed by atoms with Gasteiger partial charge in [0.2, 0.25) is 5.91 Å². The predicted octanol–water partition coefficient (Wildman–Crippen LogP) is 3.56. The first-order valence-corrected chi connectivity index (χ1v) is 8.20. The summed E-state index contributed by atoms with van der Waals surface area (Å²) in [6.45, 7) is 1.25. The second kappa shape index (κ2) is 6.12. The van der Waals surface area contributed by atoms with E-state index < -0.39 is 11.9 Å². The fraction of sp³-hybridized carbons (Fsp3) is 0.278. The molecule has 0 atom stereocenters. The number of aromatic nitrogens is 3. The molecule has 0 saturated carbocycles. The third kappa shape index (κ3) is 2.91. The van der Waals surface area contributed by atoms with E-state index in [1.165, 1.54) is 23.1 Å². The molecule has 1 saturated heterocycles. The number of carbonyl (C=O) groups excluding carboxylic acids is 1. The summed E-state index contributed by atoms with van der Waals surface area (Å²) in [5, 5.41) is 3.78. The second-order valence-electron chi connectivity index (χ2n) is 6.24. The van der Waals surface area contributed by atoms with Gasteiger partial charge in [0.25, 0.3) is 0 Å². The number of carbonyl (C=O) groups is 1. The van der Waals surface area contributed by atoms with Crippen LogP contribution in [-0.4, -0.2) is 32.1 Å². The summed E-state index contributed by atoms with van der Waals surface area (Å²) in [6.07, 6.45) is -0.414. The van der Waals surface area contributed by atoms with Gasteiger partial charge in [-0.3, -0.25) is 9.78 Å². The smallest absolute Gasteiger partial charge is 0.338 e. The van der Waals surface area contributed by atoms with E-state index in [9.17, 15) is 18.0 Å². The van der Waals surface area contributed by atoms with Crippen molar-refractivity contribution in [2.24, 2.45) is 0 Å². The lowest BCUT2D eigenvalue weighted by Crippen LogP contribution is -2.23. The Morgan fingerprint density at radius 1 is 1.12 bits per heavy atom. The molecule has 4 rings (SSSR count). The molecule has 0 spiro atoms. The molecule has 1 amide bonds. The summed E-state index contributed by atoms with van der Waals surface area (Å²) in [5.41, 5.74) is 0.800. The number of hydrogen-bond donors (Lipinski definition) is 0. The molecule has 0 radical (unpaired) electrons. The minimum Gasteiger partial charge on any atom is -0.338 e. The van der Waals surface area contributed by atoms with Crippen molar-refractivity contribution in [3.63, 3.8) is 0 Å². The third-order valence-electron chi connectivity index (χ3n) is 4.48. The third-order valence-corrected chi connectivity index (χ3v) is 4.48. The first-order chi connectivity index (χ1) is 12.4. The van der Waals surface area contributed by atoms with Gasteiger partial charge >= 0.3 is 6.18 Å². The number of fused-ring (bicyclic) bond motifs is 1. The average molecular weight is 360 g/mol. The Bertz CT molecular complexity index is 963. The van der Waals surface area contributed by atoms with Crippen LogP contribution in [0, 0.1) is 0 Å². The highest BCUT2D eigenvalue weighted by Gasteiger charge is 2.37. The average Bonchev–Trinajstić information content (AvgIpc) is 3.19. The van der Waals surface area contributed by atoms with E-state index in [2.05, 4.69) is 10.1 Å². The zero-order valence-corrected chi connectivity index (χ0v) is 13.7. The molecule has 3 heterocycles. The van der Waals surface area contributed by atoms with Gasteiger partial charge in [0.1, 0.15) is 0 Å². The molecule has 0 N–H and O–H groups in total. The number of amides is 1. The van der Waals surface area contributed by atoms with Crippen LogP contribution in [0.2, 0.25) is 0 Å². The van der Waals surface area contributed by atoms with Crippen molar-refractivity contribution in [1.29, 1.82) is 0 Å². The Morgan fingerprint density at radius 3 is 2.54 bits per heavy atom. The summed E-state index contributed by atoms with van der Waals surface area (Å²) in [4.78, 5) is 17.4. The number of nitrogens with zero attached hydrogens (tertiary/aromatic N) is 4. The number of pyridine rings is 1. The topological polar surface area (TPSA) is 51.0 Å². The van der Waals surface area contributed by atoms with Crippen LogP contribution in [0.1, 0.15) is 24.1 Å². The van der Waals surface area contributed by atoms with Gasteiger partial charge < -0.3 is 4.90 Å². The van der Waals surface area contributed by atoms with Crippen LogP contribution >= 0.6 is 0 Å². The fourth-order valence-electron chi connectivity index (χ4n) is 3.20. The molecule has 5 nitrogen and oxygen atoms in total. The highest BCUT2D eigenvalue weighted by molar-refractivity contribution is 5.83. The van der Waals surface area contributed by atoms with Crippen molar-refractivity contribution in [1.82, 2.24) is 19.7 Å². The van der Waals surface area contributed by atoms with Gasteiger partial charge in [-0.2, -0.15) is 18.3 Å². The summed E-state index contributed by atoms with van der Waals surface area (Å²) in [7, 11) is 0. The summed E-state index contributed by atoms with van der Waals surface area (Å²) >= 11 is 0. The van der Waals surface area contributed by atoms with E-state index in [0.717, 1.165) is 18.5 Å². The zero-order valence-electron chi connectivity index (χ0n) is 13.7. The Kier molecular flexibility index (Phi) is 3.90. The lowest BCUT2D eigenvalue weighted by Gasteiger charge is -2.15. The quantitative estimate of drug-likeness (QED) is 0.718. The molecular weight excluding hydrogens is 345 g/mol. The first kappa shape index (κ1) is 16.6. The Balaban J connectivity index is 1.68. The van der Waals surface area contributed by atoms with Gasteiger partial charge in [-0.1, -0.05) is 12.1 Å². The highest BCUT2D eigenvalue weighted by Crippen LogP contribution is 2.34. The van der Waals surface area contributed by atoms with Crippen molar-refractivity contribution >= 4 is 16.8 Å². The molecule has 134 valence electrons. The van der Waals surface area contributed by atoms with E-state index in [1.807, 2.05) is 0 Å². The number of hydrogen-bond acceptors (Lipinski definition) is 3. The van der Waals surface area contributed by atoms with Crippen LogP contribution in [0.4, 0.5) is 13.2 Å². The van der Waals surface area contributed by atoms with Gasteiger partial charge in [-0.05, 0) is 30.2 Å². The Hall–Kier alpha value is -2.90. The predicted molar refractivity (Wildman–Crippen MR) is 88.5 cm³/mol. The minimum absolute atomic E-state index is 0.0132. The number of halogens is 3. The molecule has 0 aliphatic carbocycles. The highest BCUT2D eigenvalue weighted by atomic mass is 19.4. The normalized spacial score (nSPS) is 15.2. The van der Waals surface area contributed by atoms with Gasteiger partial charge in [0.15, 0.2) is 5.69 Å². The molecule has 0 unspecified atom stereocenters. The van der Waals surface area contributed by atoms with Crippen LogP contribution in [0.15, 0.2) is 42.7 Å². The zero-order chi connectivity index (χ0) is 18.3. The second-order valence-corrected chi connectivity index (χ2v) is 6.24. The molecule has 8 heteroatoms.